The van der Waals surface area contributed by atoms with Crippen LogP contribution in [0.5, 0.6) is 0 Å². The first kappa shape index (κ1) is 20.5. The largest absolute Gasteiger partial charge is 0.396 e. The maximum Gasteiger partial charge on any atom is 0.225 e. The summed E-state index contributed by atoms with van der Waals surface area (Å²) in [6, 6.07) is 9.50. The van der Waals surface area contributed by atoms with Gasteiger partial charge in [0.2, 0.25) is 5.91 Å². The van der Waals surface area contributed by atoms with Crippen molar-refractivity contribution in [1.82, 2.24) is 9.88 Å². The van der Waals surface area contributed by atoms with E-state index in [1.165, 1.54) is 24.6 Å². The van der Waals surface area contributed by atoms with Crippen molar-refractivity contribution in [3.63, 3.8) is 0 Å². The maximum atomic E-state index is 13.5. The average molecular weight is 416 g/mol. The van der Waals surface area contributed by atoms with Crippen LogP contribution in [-0.4, -0.2) is 40.6 Å². The minimum Gasteiger partial charge on any atom is -0.396 e. The summed E-state index contributed by atoms with van der Waals surface area (Å²) in [6.45, 7) is 1.80. The Labute approximate surface area is 172 Å². The molecular formula is C23H23F3N2O2. The Hall–Kier alpha value is -2.80. The van der Waals surface area contributed by atoms with Gasteiger partial charge in [-0.05, 0) is 54.8 Å². The smallest absolute Gasteiger partial charge is 0.225 e. The quantitative estimate of drug-likeness (QED) is 0.661. The lowest BCUT2D eigenvalue weighted by molar-refractivity contribution is -0.145. The predicted octanol–water partition coefficient (Wildman–Crippen LogP) is 4.49. The van der Waals surface area contributed by atoms with Crippen LogP contribution in [0.25, 0.3) is 22.2 Å². The van der Waals surface area contributed by atoms with Crippen LogP contribution in [-0.2, 0) is 4.79 Å². The fraction of sp³-hybridized carbons (Fsp3) is 0.348. The number of carbonyl (C=O) groups excluding carboxylic acids is 1. The van der Waals surface area contributed by atoms with Crippen LogP contribution in [0.4, 0.5) is 13.2 Å². The van der Waals surface area contributed by atoms with E-state index in [1.54, 1.807) is 18.2 Å². The zero-order chi connectivity index (χ0) is 21.3. The zero-order valence-electron chi connectivity index (χ0n) is 16.4. The van der Waals surface area contributed by atoms with Crippen molar-refractivity contribution in [3.05, 3.63) is 59.9 Å². The third-order valence-corrected chi connectivity index (χ3v) is 5.78. The average Bonchev–Trinajstić information content (AvgIpc) is 3.05. The van der Waals surface area contributed by atoms with Crippen molar-refractivity contribution < 1.29 is 23.1 Å². The number of nitrogens with zero attached hydrogens (tertiary/aromatic N) is 1. The molecule has 4 nitrogen and oxygen atoms in total. The maximum absolute atomic E-state index is 13.5. The predicted molar refractivity (Wildman–Crippen MR) is 108 cm³/mol. The number of hydrogen-bond donors (Lipinski definition) is 2. The number of aliphatic hydroxyl groups is 1. The highest BCUT2D eigenvalue weighted by Gasteiger charge is 2.36. The molecule has 0 atom stereocenters. The number of aromatic nitrogens is 1. The molecule has 2 fully saturated rings. The molecule has 0 radical (unpaired) electrons. The van der Waals surface area contributed by atoms with Gasteiger partial charge in [-0.25, -0.2) is 13.2 Å². The number of fused-ring (bicyclic) bond motifs is 1. The van der Waals surface area contributed by atoms with Gasteiger partial charge in [-0.15, -0.1) is 0 Å². The first-order valence-electron chi connectivity index (χ1n) is 10.1. The minimum atomic E-state index is -0.640. The Kier molecular flexibility index (Phi) is 5.81. The lowest BCUT2D eigenvalue weighted by Crippen LogP contribution is -2.54. The van der Waals surface area contributed by atoms with E-state index < -0.39 is 11.6 Å². The van der Waals surface area contributed by atoms with E-state index in [-0.39, 0.29) is 17.9 Å². The first-order valence-corrected chi connectivity index (χ1v) is 10.1. The van der Waals surface area contributed by atoms with E-state index in [9.17, 15) is 18.0 Å². The summed E-state index contributed by atoms with van der Waals surface area (Å²) in [7, 11) is 0. The van der Waals surface area contributed by atoms with Crippen LogP contribution in [0, 0.1) is 29.3 Å². The number of rotatable bonds is 3. The molecule has 0 bridgehead atoms. The van der Waals surface area contributed by atoms with Gasteiger partial charge in [-0.3, -0.25) is 4.79 Å². The number of amides is 1. The van der Waals surface area contributed by atoms with Gasteiger partial charge in [0.25, 0.3) is 0 Å². The number of benzene rings is 2. The summed E-state index contributed by atoms with van der Waals surface area (Å²) in [4.78, 5) is 16.3. The molecule has 158 valence electrons. The summed E-state index contributed by atoms with van der Waals surface area (Å²) < 4.78 is 39.4. The fourth-order valence-electron chi connectivity index (χ4n) is 3.73. The Balaban J connectivity index is 0.000000158. The fourth-order valence-corrected chi connectivity index (χ4v) is 3.73. The lowest BCUT2D eigenvalue weighted by Gasteiger charge is -2.41. The molecule has 30 heavy (non-hydrogen) atoms. The summed E-state index contributed by atoms with van der Waals surface area (Å²) in [5.41, 5.74) is 1.58. The van der Waals surface area contributed by atoms with Crippen molar-refractivity contribution in [1.29, 1.82) is 0 Å². The van der Waals surface area contributed by atoms with Gasteiger partial charge in [0.15, 0.2) is 0 Å². The Bertz CT molecular complexity index is 1040. The van der Waals surface area contributed by atoms with E-state index >= 15 is 0 Å². The zero-order valence-corrected chi connectivity index (χ0v) is 16.4. The molecule has 3 aromatic rings. The first-order chi connectivity index (χ1) is 14.4. The molecule has 7 heteroatoms. The Morgan fingerprint density at radius 3 is 2.33 bits per heavy atom. The Morgan fingerprint density at radius 2 is 1.73 bits per heavy atom. The molecule has 1 aliphatic heterocycles. The van der Waals surface area contributed by atoms with Crippen molar-refractivity contribution in [2.45, 2.75) is 19.3 Å². The van der Waals surface area contributed by atoms with Crippen LogP contribution in [0.2, 0.25) is 0 Å². The highest BCUT2D eigenvalue weighted by Crippen LogP contribution is 2.30. The second-order valence-electron chi connectivity index (χ2n) is 7.96. The van der Waals surface area contributed by atoms with Gasteiger partial charge in [-0.2, -0.15) is 0 Å². The summed E-state index contributed by atoms with van der Waals surface area (Å²) >= 11 is 0. The van der Waals surface area contributed by atoms with E-state index in [2.05, 4.69) is 4.98 Å². The summed E-state index contributed by atoms with van der Waals surface area (Å²) in [6.07, 6.45) is 3.38. The number of likely N-dealkylation sites (tertiary alicyclic amines) is 1. The SMILES string of the molecule is Fc1ccc(-c2cc3cc(F)cc(F)c3[nH]2)cc1.O=C(C1CCC1)N1CC(CO)C1. The molecule has 1 saturated carbocycles. The molecule has 1 aliphatic carbocycles. The van der Waals surface area contributed by atoms with Crippen LogP contribution < -0.4 is 0 Å². The minimum absolute atomic E-state index is 0.231. The number of aromatic amines is 1. The molecule has 1 aromatic heterocycles. The highest BCUT2D eigenvalue weighted by molar-refractivity contribution is 5.86. The molecule has 2 heterocycles. The lowest BCUT2D eigenvalue weighted by atomic mass is 9.83. The monoisotopic (exact) mass is 416 g/mol. The topological polar surface area (TPSA) is 56.3 Å². The number of carbonyl (C=O) groups is 1. The van der Waals surface area contributed by atoms with Crippen molar-refractivity contribution in [3.8, 4) is 11.3 Å². The Morgan fingerprint density at radius 1 is 1.03 bits per heavy atom. The number of hydrogen-bond acceptors (Lipinski definition) is 2. The van der Waals surface area contributed by atoms with Crippen molar-refractivity contribution in [2.24, 2.45) is 11.8 Å². The standard InChI is InChI=1S/C14H8F3N.C9H15NO2/c15-10-3-1-8(2-4-10)13-6-9-5-11(16)7-12(17)14(9)18-13;11-6-7-4-10(5-7)9(12)8-2-1-3-8/h1-7,18H;7-8,11H,1-6H2. The second-order valence-corrected chi connectivity index (χ2v) is 7.96. The van der Waals surface area contributed by atoms with Gasteiger partial charge >= 0.3 is 0 Å². The van der Waals surface area contributed by atoms with Crippen molar-refractivity contribution in [2.75, 3.05) is 19.7 Å². The molecule has 2 aromatic carbocycles. The molecule has 1 saturated heterocycles. The van der Waals surface area contributed by atoms with E-state index in [0.717, 1.165) is 32.0 Å². The summed E-state index contributed by atoms with van der Waals surface area (Å²) in [5.74, 6) is -0.597. The van der Waals surface area contributed by atoms with Gasteiger partial charge in [0, 0.05) is 48.7 Å². The molecule has 0 unspecified atom stereocenters. The number of nitrogens with one attached hydrogen (secondary N) is 1. The number of aliphatic hydroxyl groups excluding tert-OH is 1. The molecule has 1 amide bonds. The third-order valence-electron chi connectivity index (χ3n) is 5.78. The molecule has 2 N–H and O–H groups in total. The van der Waals surface area contributed by atoms with Crippen molar-refractivity contribution >= 4 is 16.8 Å². The molecule has 2 aliphatic rings. The van der Waals surface area contributed by atoms with Gasteiger partial charge in [-0.1, -0.05) is 6.42 Å². The van der Waals surface area contributed by atoms with Crippen LogP contribution >= 0.6 is 0 Å². The molecule has 5 rings (SSSR count). The molecule has 0 spiro atoms. The highest BCUT2D eigenvalue weighted by atomic mass is 19.1. The van der Waals surface area contributed by atoms with Gasteiger partial charge in [0.1, 0.15) is 17.5 Å². The van der Waals surface area contributed by atoms with E-state index in [1.807, 2.05) is 4.90 Å². The third kappa shape index (κ3) is 4.21. The molecular weight excluding hydrogens is 393 g/mol. The van der Waals surface area contributed by atoms with Gasteiger partial charge in [0.05, 0.1) is 5.52 Å². The van der Waals surface area contributed by atoms with E-state index in [4.69, 9.17) is 5.11 Å². The normalized spacial score (nSPS) is 16.6. The number of halogens is 3. The summed E-state index contributed by atoms with van der Waals surface area (Å²) in [5, 5.41) is 9.21. The van der Waals surface area contributed by atoms with Crippen LogP contribution in [0.1, 0.15) is 19.3 Å². The van der Waals surface area contributed by atoms with Gasteiger partial charge < -0.3 is 15.0 Å². The number of H-pyrrole nitrogens is 1. The van der Waals surface area contributed by atoms with E-state index in [0.29, 0.717) is 34.4 Å². The second kappa shape index (κ2) is 8.52. The van der Waals surface area contributed by atoms with Crippen LogP contribution in [0.3, 0.4) is 0 Å². The van der Waals surface area contributed by atoms with Crippen LogP contribution in [0.15, 0.2) is 42.5 Å².